The molecule has 8 heteroatoms. The third-order valence-corrected chi connectivity index (χ3v) is 8.49. The lowest BCUT2D eigenvalue weighted by atomic mass is 9.95. The Morgan fingerprint density at radius 1 is 0.914 bits per heavy atom. The topological polar surface area (TPSA) is 95.6 Å². The largest absolute Gasteiger partial charge is 0.344 e. The van der Waals surface area contributed by atoms with Crippen molar-refractivity contribution in [2.75, 3.05) is 18.4 Å². The Balaban J connectivity index is 1.58. The molecule has 1 aliphatic rings. The maximum Gasteiger partial charge on any atom is 0.247 e. The molecule has 2 aromatic carbocycles. The van der Waals surface area contributed by atoms with E-state index in [0.29, 0.717) is 24.4 Å². The van der Waals surface area contributed by atoms with E-state index in [4.69, 9.17) is 0 Å². The number of amides is 2. The molecule has 0 bridgehead atoms. The molecule has 35 heavy (non-hydrogen) atoms. The minimum absolute atomic E-state index is 0.101. The van der Waals surface area contributed by atoms with Crippen LogP contribution in [-0.2, 0) is 19.6 Å². The van der Waals surface area contributed by atoms with Gasteiger partial charge in [-0.2, -0.15) is 4.31 Å². The van der Waals surface area contributed by atoms with Gasteiger partial charge in [-0.25, -0.2) is 8.42 Å². The van der Waals surface area contributed by atoms with E-state index in [-0.39, 0.29) is 41.6 Å². The minimum atomic E-state index is -3.58. The van der Waals surface area contributed by atoms with Crippen LogP contribution in [-0.4, -0.2) is 43.7 Å². The second-order valence-electron chi connectivity index (χ2n) is 9.99. The van der Waals surface area contributed by atoms with Crippen molar-refractivity contribution in [3.63, 3.8) is 0 Å². The number of sulfonamides is 1. The van der Waals surface area contributed by atoms with E-state index in [1.54, 1.807) is 24.3 Å². The fraction of sp³-hybridized carbons (Fsp3) is 0.481. The van der Waals surface area contributed by atoms with E-state index >= 15 is 0 Å². The van der Waals surface area contributed by atoms with Crippen molar-refractivity contribution in [1.82, 2.24) is 9.62 Å². The second-order valence-corrected chi connectivity index (χ2v) is 11.9. The lowest BCUT2D eigenvalue weighted by Crippen LogP contribution is -2.50. The van der Waals surface area contributed by atoms with Crippen LogP contribution in [0.2, 0.25) is 0 Å². The van der Waals surface area contributed by atoms with Gasteiger partial charge in [0.2, 0.25) is 21.8 Å². The number of aryl methyl sites for hydroxylation is 1. The first-order valence-corrected chi connectivity index (χ1v) is 13.7. The Bertz CT molecular complexity index is 1120. The summed E-state index contributed by atoms with van der Waals surface area (Å²) >= 11 is 0. The molecule has 0 radical (unpaired) electrons. The molecule has 7 nitrogen and oxygen atoms in total. The summed E-state index contributed by atoms with van der Waals surface area (Å²) in [6, 6.07) is 13.8. The van der Waals surface area contributed by atoms with Crippen LogP contribution in [0.4, 0.5) is 5.69 Å². The Labute approximate surface area is 209 Å². The smallest absolute Gasteiger partial charge is 0.247 e. The monoisotopic (exact) mass is 499 g/mol. The van der Waals surface area contributed by atoms with Crippen LogP contribution in [0.5, 0.6) is 0 Å². The van der Waals surface area contributed by atoms with Crippen molar-refractivity contribution in [2.24, 2.45) is 11.8 Å². The molecule has 1 heterocycles. The molecule has 3 rings (SSSR count). The molecule has 0 spiro atoms. The average molecular weight is 500 g/mol. The molecular formula is C27H37N3O4S. The number of nitrogens with one attached hydrogen (secondary N) is 2. The molecule has 1 aliphatic heterocycles. The third-order valence-electron chi connectivity index (χ3n) is 6.58. The predicted molar refractivity (Wildman–Crippen MR) is 139 cm³/mol. The van der Waals surface area contributed by atoms with E-state index in [0.717, 1.165) is 5.56 Å². The highest BCUT2D eigenvalue weighted by atomic mass is 32.2. The normalized spacial score (nSPS) is 16.3. The van der Waals surface area contributed by atoms with Crippen LogP contribution in [0.15, 0.2) is 53.4 Å². The van der Waals surface area contributed by atoms with E-state index < -0.39 is 16.1 Å². The van der Waals surface area contributed by atoms with Gasteiger partial charge in [0.1, 0.15) is 6.04 Å². The Hall–Kier alpha value is -2.71. The third kappa shape index (κ3) is 6.70. The highest BCUT2D eigenvalue weighted by Crippen LogP contribution is 2.25. The number of carbonyl (C=O) groups excluding carboxylic acids is 2. The summed E-state index contributed by atoms with van der Waals surface area (Å²) < 4.78 is 27.3. The quantitative estimate of drug-likeness (QED) is 0.566. The zero-order valence-electron chi connectivity index (χ0n) is 21.2. The average Bonchev–Trinajstić information content (AvgIpc) is 2.82. The van der Waals surface area contributed by atoms with E-state index in [1.807, 2.05) is 45.0 Å². The summed E-state index contributed by atoms with van der Waals surface area (Å²) in [7, 11) is -3.58. The summed E-state index contributed by atoms with van der Waals surface area (Å²) in [4.78, 5) is 26.2. The number of rotatable bonds is 8. The van der Waals surface area contributed by atoms with Crippen molar-refractivity contribution in [1.29, 1.82) is 0 Å². The highest BCUT2D eigenvalue weighted by Gasteiger charge is 2.34. The van der Waals surface area contributed by atoms with Crippen LogP contribution >= 0.6 is 0 Å². The van der Waals surface area contributed by atoms with Gasteiger partial charge in [0.05, 0.1) is 4.90 Å². The minimum Gasteiger partial charge on any atom is -0.344 e. The van der Waals surface area contributed by atoms with Gasteiger partial charge < -0.3 is 10.6 Å². The number of benzene rings is 2. The zero-order chi connectivity index (χ0) is 25.8. The summed E-state index contributed by atoms with van der Waals surface area (Å²) in [5.74, 6) is -0.498. The molecule has 2 aromatic rings. The van der Waals surface area contributed by atoms with Crippen LogP contribution in [0.25, 0.3) is 0 Å². The fourth-order valence-corrected chi connectivity index (χ4v) is 5.66. The lowest BCUT2D eigenvalue weighted by Gasteiger charge is -2.32. The molecule has 190 valence electrons. The molecule has 2 amide bonds. The van der Waals surface area contributed by atoms with Crippen LogP contribution in [0.1, 0.15) is 57.6 Å². The predicted octanol–water partition coefficient (Wildman–Crippen LogP) is 4.30. The molecule has 2 N–H and O–H groups in total. The van der Waals surface area contributed by atoms with Gasteiger partial charge in [0, 0.05) is 24.7 Å². The van der Waals surface area contributed by atoms with Gasteiger partial charge in [0.25, 0.3) is 0 Å². The number of nitrogens with zero attached hydrogens (tertiary/aromatic N) is 1. The number of hydrogen-bond acceptors (Lipinski definition) is 4. The molecule has 1 fully saturated rings. The molecule has 0 unspecified atom stereocenters. The fourth-order valence-electron chi connectivity index (χ4n) is 4.20. The van der Waals surface area contributed by atoms with Crippen molar-refractivity contribution in [3.05, 3.63) is 59.7 Å². The Morgan fingerprint density at radius 3 is 2.00 bits per heavy atom. The summed E-state index contributed by atoms with van der Waals surface area (Å²) in [6.07, 6.45) is 0.833. The van der Waals surface area contributed by atoms with E-state index in [1.165, 1.54) is 9.87 Å². The molecule has 1 saturated heterocycles. The van der Waals surface area contributed by atoms with Crippen LogP contribution in [0.3, 0.4) is 0 Å². The van der Waals surface area contributed by atoms with Crippen molar-refractivity contribution < 1.29 is 18.0 Å². The number of anilines is 1. The van der Waals surface area contributed by atoms with E-state index in [2.05, 4.69) is 24.5 Å². The van der Waals surface area contributed by atoms with Crippen molar-refractivity contribution >= 4 is 27.5 Å². The second kappa shape index (κ2) is 11.4. The van der Waals surface area contributed by atoms with Gasteiger partial charge in [-0.1, -0.05) is 57.5 Å². The van der Waals surface area contributed by atoms with Crippen molar-refractivity contribution in [2.45, 2.75) is 64.3 Å². The molecule has 1 atom stereocenters. The van der Waals surface area contributed by atoms with Gasteiger partial charge in [-0.15, -0.1) is 0 Å². The summed E-state index contributed by atoms with van der Waals surface area (Å²) in [5, 5.41) is 5.81. The number of hydrogen-bond donors (Lipinski definition) is 2. The Morgan fingerprint density at radius 2 is 1.49 bits per heavy atom. The lowest BCUT2D eigenvalue weighted by molar-refractivity contribution is -0.130. The first-order valence-electron chi connectivity index (χ1n) is 12.3. The molecular weight excluding hydrogens is 462 g/mol. The van der Waals surface area contributed by atoms with Gasteiger partial charge in [0.15, 0.2) is 0 Å². The molecule has 0 aromatic heterocycles. The Kier molecular flexibility index (Phi) is 8.72. The molecule has 0 saturated carbocycles. The zero-order valence-corrected chi connectivity index (χ0v) is 22.1. The number of carbonyl (C=O) groups is 2. The first kappa shape index (κ1) is 26.9. The highest BCUT2D eigenvalue weighted by molar-refractivity contribution is 7.89. The standard InChI is InChI=1S/C27H37N3O4S/c1-18(2)21-8-10-23(11-9-21)28-27(32)25(19(3)4)29-26(31)22-14-16-30(17-15-22)35(33,34)24-12-6-20(5)7-13-24/h6-13,18-19,22,25H,14-17H2,1-5H3,(H,28,32)(H,29,31)/t25-/m1/s1. The van der Waals surface area contributed by atoms with Gasteiger partial charge >= 0.3 is 0 Å². The van der Waals surface area contributed by atoms with E-state index in [9.17, 15) is 18.0 Å². The number of piperidine rings is 1. The summed E-state index contributed by atoms with van der Waals surface area (Å²) in [5.41, 5.74) is 2.87. The van der Waals surface area contributed by atoms with Gasteiger partial charge in [-0.3, -0.25) is 9.59 Å². The van der Waals surface area contributed by atoms with Crippen LogP contribution < -0.4 is 10.6 Å². The van der Waals surface area contributed by atoms with Crippen LogP contribution in [0, 0.1) is 18.8 Å². The maximum atomic E-state index is 13.0. The SMILES string of the molecule is Cc1ccc(S(=O)(=O)N2CCC(C(=O)N[C@@H](C(=O)Nc3ccc(C(C)C)cc3)C(C)C)CC2)cc1. The van der Waals surface area contributed by atoms with Crippen molar-refractivity contribution in [3.8, 4) is 0 Å². The van der Waals surface area contributed by atoms with Gasteiger partial charge in [-0.05, 0) is 61.4 Å². The first-order chi connectivity index (χ1) is 16.5. The maximum absolute atomic E-state index is 13.0. The molecule has 0 aliphatic carbocycles. The summed E-state index contributed by atoms with van der Waals surface area (Å²) in [6.45, 7) is 10.5.